The standard InChI is InChI=1S/C23H28ClNO7/c1-5-29-17-6-8-18(9-7-17)30-11-10-25-21(26)14-31-23(27)16-12-19(24)22(32-15(2)3)20(13-16)28-4/h6-9,12-13,15H,5,10-11,14H2,1-4H3,(H,25,26). The molecule has 1 amide bonds. The van der Waals surface area contributed by atoms with Gasteiger partial charge in [0, 0.05) is 0 Å². The summed E-state index contributed by atoms with van der Waals surface area (Å²) in [6.07, 6.45) is -0.124. The number of methoxy groups -OCH3 is 1. The van der Waals surface area contributed by atoms with E-state index in [2.05, 4.69) is 5.32 Å². The van der Waals surface area contributed by atoms with E-state index < -0.39 is 18.5 Å². The molecule has 0 atom stereocenters. The van der Waals surface area contributed by atoms with E-state index in [1.54, 1.807) is 24.3 Å². The Bertz CT molecular complexity index is 900. The molecule has 0 saturated heterocycles. The van der Waals surface area contributed by atoms with Crippen molar-refractivity contribution in [3.05, 3.63) is 47.0 Å². The zero-order valence-electron chi connectivity index (χ0n) is 18.6. The van der Waals surface area contributed by atoms with E-state index in [1.807, 2.05) is 20.8 Å². The molecule has 9 heteroatoms. The molecule has 0 aromatic heterocycles. The van der Waals surface area contributed by atoms with Crippen LogP contribution in [0.4, 0.5) is 0 Å². The highest BCUT2D eigenvalue weighted by molar-refractivity contribution is 6.32. The molecule has 0 spiro atoms. The molecule has 2 aromatic carbocycles. The average Bonchev–Trinajstić information content (AvgIpc) is 2.77. The van der Waals surface area contributed by atoms with Gasteiger partial charge in [-0.05, 0) is 57.2 Å². The molecule has 1 N–H and O–H groups in total. The van der Waals surface area contributed by atoms with E-state index in [0.717, 1.165) is 5.75 Å². The molecule has 0 fully saturated rings. The van der Waals surface area contributed by atoms with Crippen LogP contribution < -0.4 is 24.3 Å². The van der Waals surface area contributed by atoms with Crippen molar-refractivity contribution in [1.29, 1.82) is 0 Å². The highest BCUT2D eigenvalue weighted by atomic mass is 35.5. The van der Waals surface area contributed by atoms with Crippen molar-refractivity contribution < 1.29 is 33.3 Å². The Morgan fingerprint density at radius 3 is 2.31 bits per heavy atom. The number of nitrogens with one attached hydrogen (secondary N) is 1. The van der Waals surface area contributed by atoms with E-state index in [1.165, 1.54) is 19.2 Å². The topological polar surface area (TPSA) is 92.3 Å². The first-order valence-corrected chi connectivity index (χ1v) is 10.6. The number of hydrogen-bond donors (Lipinski definition) is 1. The van der Waals surface area contributed by atoms with Crippen LogP contribution in [0.2, 0.25) is 5.02 Å². The van der Waals surface area contributed by atoms with Gasteiger partial charge < -0.3 is 29.0 Å². The van der Waals surface area contributed by atoms with Gasteiger partial charge in [0.25, 0.3) is 5.91 Å². The van der Waals surface area contributed by atoms with Gasteiger partial charge >= 0.3 is 5.97 Å². The van der Waals surface area contributed by atoms with Crippen LogP contribution in [0, 0.1) is 0 Å². The number of rotatable bonds is 12. The van der Waals surface area contributed by atoms with Crippen molar-refractivity contribution in [2.24, 2.45) is 0 Å². The summed E-state index contributed by atoms with van der Waals surface area (Å²) in [5.41, 5.74) is 0.148. The molecule has 0 bridgehead atoms. The molecule has 8 nitrogen and oxygen atoms in total. The number of benzene rings is 2. The third kappa shape index (κ3) is 7.85. The maximum atomic E-state index is 12.3. The first-order valence-electron chi connectivity index (χ1n) is 10.2. The van der Waals surface area contributed by atoms with Crippen molar-refractivity contribution >= 4 is 23.5 Å². The van der Waals surface area contributed by atoms with E-state index in [-0.39, 0.29) is 29.8 Å². The first-order chi connectivity index (χ1) is 15.3. The SMILES string of the molecule is CCOc1ccc(OCCNC(=O)COC(=O)c2cc(Cl)c(OC(C)C)c(OC)c2)cc1. The average molecular weight is 466 g/mol. The number of amides is 1. The summed E-state index contributed by atoms with van der Waals surface area (Å²) < 4.78 is 26.8. The zero-order chi connectivity index (χ0) is 23.5. The van der Waals surface area contributed by atoms with Crippen molar-refractivity contribution in [2.75, 3.05) is 33.5 Å². The number of ether oxygens (including phenoxy) is 5. The largest absolute Gasteiger partial charge is 0.494 e. The number of halogens is 1. The second-order valence-corrected chi connectivity index (χ2v) is 7.24. The van der Waals surface area contributed by atoms with E-state index in [0.29, 0.717) is 23.9 Å². The summed E-state index contributed by atoms with van der Waals surface area (Å²) in [5, 5.41) is 2.83. The molecular formula is C23H28ClNO7. The molecule has 0 aliphatic carbocycles. The predicted octanol–water partition coefficient (Wildman–Crippen LogP) is 3.89. The molecule has 0 aliphatic rings. The molecule has 0 saturated carbocycles. The van der Waals surface area contributed by atoms with Crippen LogP contribution in [0.3, 0.4) is 0 Å². The summed E-state index contributed by atoms with van der Waals surface area (Å²) >= 11 is 6.21. The predicted molar refractivity (Wildman–Crippen MR) is 120 cm³/mol. The molecule has 0 radical (unpaired) electrons. The van der Waals surface area contributed by atoms with Gasteiger partial charge in [-0.25, -0.2) is 4.79 Å². The third-order valence-corrected chi connectivity index (χ3v) is 4.26. The number of carbonyl (C=O) groups is 2. The fourth-order valence-corrected chi connectivity index (χ4v) is 2.87. The summed E-state index contributed by atoms with van der Waals surface area (Å²) in [4.78, 5) is 24.2. The fourth-order valence-electron chi connectivity index (χ4n) is 2.61. The summed E-state index contributed by atoms with van der Waals surface area (Å²) in [6.45, 7) is 6.28. The minimum Gasteiger partial charge on any atom is -0.494 e. The molecule has 174 valence electrons. The second-order valence-electron chi connectivity index (χ2n) is 6.84. The Morgan fingerprint density at radius 1 is 1.06 bits per heavy atom. The molecular weight excluding hydrogens is 438 g/mol. The Balaban J connectivity index is 1.77. The van der Waals surface area contributed by atoms with Gasteiger partial charge in [0.1, 0.15) is 18.1 Å². The van der Waals surface area contributed by atoms with Crippen molar-refractivity contribution in [3.8, 4) is 23.0 Å². The second kappa shape index (κ2) is 12.7. The van der Waals surface area contributed by atoms with E-state index in [9.17, 15) is 9.59 Å². The zero-order valence-corrected chi connectivity index (χ0v) is 19.4. The smallest absolute Gasteiger partial charge is 0.338 e. The highest BCUT2D eigenvalue weighted by Gasteiger charge is 2.18. The lowest BCUT2D eigenvalue weighted by Gasteiger charge is -2.16. The monoisotopic (exact) mass is 465 g/mol. The number of esters is 1. The highest BCUT2D eigenvalue weighted by Crippen LogP contribution is 2.37. The quantitative estimate of drug-likeness (QED) is 0.375. The molecule has 2 rings (SSSR count). The normalized spacial score (nSPS) is 10.4. The van der Waals surface area contributed by atoms with Crippen molar-refractivity contribution in [2.45, 2.75) is 26.9 Å². The van der Waals surface area contributed by atoms with E-state index >= 15 is 0 Å². The lowest BCUT2D eigenvalue weighted by Crippen LogP contribution is -2.32. The summed E-state index contributed by atoms with van der Waals surface area (Å²) in [7, 11) is 1.44. The van der Waals surface area contributed by atoms with Crippen molar-refractivity contribution in [3.63, 3.8) is 0 Å². The van der Waals surface area contributed by atoms with Gasteiger partial charge in [-0.3, -0.25) is 4.79 Å². The van der Waals surface area contributed by atoms with Gasteiger partial charge in [-0.15, -0.1) is 0 Å². The number of hydrogen-bond acceptors (Lipinski definition) is 7. The van der Waals surface area contributed by atoms with Crippen LogP contribution in [0.25, 0.3) is 0 Å². The number of carbonyl (C=O) groups excluding carboxylic acids is 2. The minimum absolute atomic E-state index is 0.124. The Labute approximate surface area is 192 Å². The summed E-state index contributed by atoms with van der Waals surface area (Å²) in [5.74, 6) is 0.898. The molecule has 2 aromatic rings. The molecule has 0 heterocycles. The van der Waals surface area contributed by atoms with Gasteiger partial charge in [0.05, 0.1) is 37.0 Å². The van der Waals surface area contributed by atoms with Gasteiger partial charge in [0.2, 0.25) is 0 Å². The van der Waals surface area contributed by atoms with Crippen LogP contribution in [-0.4, -0.2) is 51.5 Å². The lowest BCUT2D eigenvalue weighted by atomic mass is 10.2. The Hall–Kier alpha value is -3.13. The van der Waals surface area contributed by atoms with E-state index in [4.69, 9.17) is 35.3 Å². The van der Waals surface area contributed by atoms with Crippen LogP contribution in [0.5, 0.6) is 23.0 Å². The minimum atomic E-state index is -0.706. The Morgan fingerprint density at radius 2 is 1.72 bits per heavy atom. The molecule has 0 unspecified atom stereocenters. The van der Waals surface area contributed by atoms with Crippen LogP contribution >= 0.6 is 11.6 Å². The first kappa shape index (κ1) is 25.1. The molecule has 32 heavy (non-hydrogen) atoms. The van der Waals surface area contributed by atoms with Gasteiger partial charge in [0.15, 0.2) is 18.1 Å². The lowest BCUT2D eigenvalue weighted by molar-refractivity contribution is -0.124. The van der Waals surface area contributed by atoms with Crippen molar-refractivity contribution in [1.82, 2.24) is 5.32 Å². The maximum Gasteiger partial charge on any atom is 0.338 e. The van der Waals surface area contributed by atoms with Gasteiger partial charge in [-0.1, -0.05) is 11.6 Å². The summed E-state index contributed by atoms with van der Waals surface area (Å²) in [6, 6.07) is 10.0. The third-order valence-electron chi connectivity index (χ3n) is 3.98. The maximum absolute atomic E-state index is 12.3. The van der Waals surface area contributed by atoms with Crippen LogP contribution in [0.1, 0.15) is 31.1 Å². The van der Waals surface area contributed by atoms with Gasteiger partial charge in [-0.2, -0.15) is 0 Å². The Kier molecular flexibility index (Phi) is 9.94. The van der Waals surface area contributed by atoms with Crippen LogP contribution in [-0.2, 0) is 9.53 Å². The fraction of sp³-hybridized carbons (Fsp3) is 0.391. The van der Waals surface area contributed by atoms with Crippen LogP contribution in [0.15, 0.2) is 36.4 Å². The molecule has 0 aliphatic heterocycles.